The van der Waals surface area contributed by atoms with Gasteiger partial charge in [-0.3, -0.25) is 9.78 Å². The first-order chi connectivity index (χ1) is 15.0. The van der Waals surface area contributed by atoms with E-state index in [9.17, 15) is 4.79 Å². The Morgan fingerprint density at radius 1 is 1.13 bits per heavy atom. The van der Waals surface area contributed by atoms with Gasteiger partial charge in [-0.15, -0.1) is 11.8 Å². The molecule has 0 spiro atoms. The highest BCUT2D eigenvalue weighted by Gasteiger charge is 2.24. The molecular formula is C26H31N3OS. The van der Waals surface area contributed by atoms with Gasteiger partial charge in [-0.05, 0) is 87.5 Å². The normalized spacial score (nSPS) is 18.7. The van der Waals surface area contributed by atoms with Crippen molar-refractivity contribution in [2.24, 2.45) is 5.92 Å². The van der Waals surface area contributed by atoms with Crippen LogP contribution in [-0.2, 0) is 0 Å². The van der Waals surface area contributed by atoms with Gasteiger partial charge in [0.25, 0.3) is 5.91 Å². The van der Waals surface area contributed by atoms with Crippen LogP contribution in [0.4, 0.5) is 0 Å². The average Bonchev–Trinajstić information content (AvgIpc) is 3.19. The first kappa shape index (κ1) is 21.7. The Balaban J connectivity index is 1.38. The Morgan fingerprint density at radius 2 is 1.90 bits per heavy atom. The molecule has 0 aliphatic heterocycles. The zero-order valence-electron chi connectivity index (χ0n) is 18.6. The minimum atomic E-state index is 0.0159. The number of hydrogen-bond donors (Lipinski definition) is 2. The zero-order valence-corrected chi connectivity index (χ0v) is 19.4. The molecule has 1 aliphatic carbocycles. The maximum absolute atomic E-state index is 13.1. The number of aryl methyl sites for hydroxylation is 2. The summed E-state index contributed by atoms with van der Waals surface area (Å²) in [7, 11) is 0. The fraction of sp³-hybridized carbons (Fsp3) is 0.385. The number of hydrogen-bond acceptors (Lipinski definition) is 3. The first-order valence-corrected chi connectivity index (χ1v) is 12.3. The fourth-order valence-corrected chi connectivity index (χ4v) is 5.29. The lowest BCUT2D eigenvalue weighted by molar-refractivity contribution is 0.0943. The summed E-state index contributed by atoms with van der Waals surface area (Å²) in [6.45, 7) is 4.80. The molecule has 2 heterocycles. The van der Waals surface area contributed by atoms with Crippen molar-refractivity contribution in [3.05, 3.63) is 71.2 Å². The van der Waals surface area contributed by atoms with Crippen molar-refractivity contribution in [3.8, 4) is 11.3 Å². The standard InChI is InChI=1S/C26H31N3OS/c1-17-14-21(12-13-27-17)20-10-8-19(9-11-20)16-28-26(30)23-15-18(2)29-25(23)22-6-4-5-7-24(22)31-3/h4-7,12-15,19-20,29H,8-11,16H2,1-3H3,(H,28,30). The van der Waals surface area contributed by atoms with Gasteiger partial charge in [0, 0.05) is 34.6 Å². The second-order valence-corrected chi connectivity index (χ2v) is 9.45. The summed E-state index contributed by atoms with van der Waals surface area (Å²) in [5.74, 6) is 1.18. The number of aromatic amines is 1. The van der Waals surface area contributed by atoms with Crippen LogP contribution in [0.2, 0.25) is 0 Å². The van der Waals surface area contributed by atoms with E-state index in [0.717, 1.165) is 47.6 Å². The van der Waals surface area contributed by atoms with E-state index in [-0.39, 0.29) is 5.91 Å². The molecular weight excluding hydrogens is 402 g/mol. The van der Waals surface area contributed by atoms with E-state index in [1.165, 1.54) is 23.3 Å². The molecule has 0 unspecified atom stereocenters. The van der Waals surface area contributed by atoms with Crippen molar-refractivity contribution in [1.82, 2.24) is 15.3 Å². The number of nitrogens with one attached hydrogen (secondary N) is 2. The van der Waals surface area contributed by atoms with Crippen LogP contribution >= 0.6 is 11.8 Å². The predicted octanol–water partition coefficient (Wildman–Crippen LogP) is 6.12. The van der Waals surface area contributed by atoms with Gasteiger partial charge in [0.05, 0.1) is 11.3 Å². The van der Waals surface area contributed by atoms with E-state index >= 15 is 0 Å². The highest BCUT2D eigenvalue weighted by atomic mass is 32.2. The molecule has 1 amide bonds. The van der Waals surface area contributed by atoms with E-state index < -0.39 is 0 Å². The first-order valence-electron chi connectivity index (χ1n) is 11.1. The number of H-pyrrole nitrogens is 1. The van der Waals surface area contributed by atoms with Crippen LogP contribution in [0.1, 0.15) is 58.9 Å². The van der Waals surface area contributed by atoms with Crippen molar-refractivity contribution in [3.63, 3.8) is 0 Å². The van der Waals surface area contributed by atoms with Crippen LogP contribution in [0, 0.1) is 19.8 Å². The van der Waals surface area contributed by atoms with Gasteiger partial charge >= 0.3 is 0 Å². The lowest BCUT2D eigenvalue weighted by Gasteiger charge is -2.29. The third-order valence-corrected chi connectivity index (χ3v) is 7.16. The maximum Gasteiger partial charge on any atom is 0.253 e. The van der Waals surface area contributed by atoms with Crippen molar-refractivity contribution in [2.45, 2.75) is 50.3 Å². The molecule has 0 atom stereocenters. The molecule has 2 aromatic heterocycles. The molecule has 0 radical (unpaired) electrons. The number of carbonyl (C=O) groups excluding carboxylic acids is 1. The summed E-state index contributed by atoms with van der Waals surface area (Å²) in [5, 5.41) is 3.22. The summed E-state index contributed by atoms with van der Waals surface area (Å²) in [5.41, 5.74) is 6.24. The molecule has 2 N–H and O–H groups in total. The quantitative estimate of drug-likeness (QED) is 0.461. The summed E-state index contributed by atoms with van der Waals surface area (Å²) in [6.07, 6.45) is 8.65. The smallest absolute Gasteiger partial charge is 0.253 e. The summed E-state index contributed by atoms with van der Waals surface area (Å²) < 4.78 is 0. The van der Waals surface area contributed by atoms with Crippen LogP contribution < -0.4 is 5.32 Å². The molecule has 4 rings (SSSR count). The lowest BCUT2D eigenvalue weighted by Crippen LogP contribution is -2.31. The second kappa shape index (κ2) is 9.73. The minimum Gasteiger partial charge on any atom is -0.358 e. The predicted molar refractivity (Wildman–Crippen MR) is 129 cm³/mol. The highest BCUT2D eigenvalue weighted by Crippen LogP contribution is 2.36. The van der Waals surface area contributed by atoms with Gasteiger partial charge < -0.3 is 10.3 Å². The Kier molecular flexibility index (Phi) is 6.81. The highest BCUT2D eigenvalue weighted by molar-refractivity contribution is 7.98. The van der Waals surface area contributed by atoms with Crippen LogP contribution in [-0.4, -0.2) is 28.7 Å². The number of thioether (sulfide) groups is 1. The number of amides is 1. The second-order valence-electron chi connectivity index (χ2n) is 8.60. The molecule has 5 heteroatoms. The molecule has 3 aromatic rings. The SMILES string of the molecule is CSc1ccccc1-c1[nH]c(C)cc1C(=O)NCC1CCC(c2ccnc(C)c2)CC1. The number of carbonyl (C=O) groups is 1. The zero-order chi connectivity index (χ0) is 21.8. The molecule has 4 nitrogen and oxygen atoms in total. The molecule has 0 saturated heterocycles. The Labute approximate surface area is 189 Å². The monoisotopic (exact) mass is 433 g/mol. The number of aromatic nitrogens is 2. The van der Waals surface area contributed by atoms with Crippen LogP contribution in [0.5, 0.6) is 0 Å². The molecule has 0 bridgehead atoms. The average molecular weight is 434 g/mol. The lowest BCUT2D eigenvalue weighted by atomic mass is 9.79. The largest absolute Gasteiger partial charge is 0.358 e. The molecule has 31 heavy (non-hydrogen) atoms. The molecule has 162 valence electrons. The Bertz CT molecular complexity index is 1050. The van der Waals surface area contributed by atoms with Crippen molar-refractivity contribution in [2.75, 3.05) is 12.8 Å². The maximum atomic E-state index is 13.1. The van der Waals surface area contributed by atoms with Crippen LogP contribution in [0.25, 0.3) is 11.3 Å². The van der Waals surface area contributed by atoms with E-state index in [4.69, 9.17) is 0 Å². The van der Waals surface area contributed by atoms with Gasteiger partial charge in [-0.25, -0.2) is 0 Å². The van der Waals surface area contributed by atoms with Crippen molar-refractivity contribution in [1.29, 1.82) is 0 Å². The van der Waals surface area contributed by atoms with Gasteiger partial charge in [0.1, 0.15) is 0 Å². The number of pyridine rings is 1. The topological polar surface area (TPSA) is 57.8 Å². The van der Waals surface area contributed by atoms with Crippen molar-refractivity contribution >= 4 is 17.7 Å². The Morgan fingerprint density at radius 3 is 2.65 bits per heavy atom. The summed E-state index contributed by atoms with van der Waals surface area (Å²) >= 11 is 1.70. The minimum absolute atomic E-state index is 0.0159. The third-order valence-electron chi connectivity index (χ3n) is 6.36. The van der Waals surface area contributed by atoms with Gasteiger partial charge in [0.2, 0.25) is 0 Å². The van der Waals surface area contributed by atoms with Crippen LogP contribution in [0.15, 0.2) is 53.6 Å². The van der Waals surface area contributed by atoms with Gasteiger partial charge in [-0.1, -0.05) is 18.2 Å². The van der Waals surface area contributed by atoms with E-state index in [1.807, 2.05) is 31.3 Å². The van der Waals surface area contributed by atoms with E-state index in [0.29, 0.717) is 11.8 Å². The number of benzene rings is 1. The number of rotatable bonds is 6. The molecule has 1 aliphatic rings. The van der Waals surface area contributed by atoms with E-state index in [2.05, 4.69) is 52.7 Å². The third kappa shape index (κ3) is 5.04. The molecule has 1 fully saturated rings. The van der Waals surface area contributed by atoms with Crippen LogP contribution in [0.3, 0.4) is 0 Å². The molecule has 1 aromatic carbocycles. The van der Waals surface area contributed by atoms with Gasteiger partial charge in [-0.2, -0.15) is 0 Å². The van der Waals surface area contributed by atoms with Crippen molar-refractivity contribution < 1.29 is 4.79 Å². The fourth-order valence-electron chi connectivity index (χ4n) is 4.69. The van der Waals surface area contributed by atoms with Gasteiger partial charge in [0.15, 0.2) is 0 Å². The number of nitrogens with zero attached hydrogens (tertiary/aromatic N) is 1. The Hall–Kier alpha value is -2.53. The summed E-state index contributed by atoms with van der Waals surface area (Å²) in [6, 6.07) is 14.6. The summed E-state index contributed by atoms with van der Waals surface area (Å²) in [4.78, 5) is 22.0. The van der Waals surface area contributed by atoms with E-state index in [1.54, 1.807) is 11.8 Å². The molecule has 1 saturated carbocycles.